The number of aromatic nitrogens is 2. The summed E-state index contributed by atoms with van der Waals surface area (Å²) >= 11 is 0. The normalized spacial score (nSPS) is 11.1. The largest absolute Gasteiger partial charge is 0.507 e. The highest BCUT2D eigenvalue weighted by atomic mass is 16.3. The van der Waals surface area contributed by atoms with Crippen LogP contribution in [0.25, 0.3) is 33.9 Å². The standard InChI is InChI=1S/C28H21N3O/c32-25-18-10-7-15-22(25)19-29-24-17-9-8-16-23(24)28-30-26(20-11-3-1-4-12-20)27(31-28)21-13-5-2-6-14-21/h1-19,32H,(H,30,31). The van der Waals surface area contributed by atoms with Crippen molar-refractivity contribution < 1.29 is 5.11 Å². The number of benzene rings is 4. The smallest absolute Gasteiger partial charge is 0.140 e. The Bertz CT molecular complexity index is 1320. The first-order valence-corrected chi connectivity index (χ1v) is 10.4. The molecule has 0 unspecified atom stereocenters. The Hall–Kier alpha value is -4.44. The molecule has 32 heavy (non-hydrogen) atoms. The first-order chi connectivity index (χ1) is 15.8. The second-order valence-electron chi connectivity index (χ2n) is 7.38. The molecule has 0 atom stereocenters. The Morgan fingerprint density at radius 1 is 0.688 bits per heavy atom. The number of para-hydroxylation sites is 2. The number of nitrogens with zero attached hydrogens (tertiary/aromatic N) is 2. The van der Waals surface area contributed by atoms with Crippen LogP contribution in [0.15, 0.2) is 114 Å². The SMILES string of the molecule is Oc1ccccc1C=Nc1ccccc1-c1nc(-c2ccccc2)c(-c2ccccc2)[nH]1. The number of aromatic amines is 1. The third kappa shape index (κ3) is 3.94. The van der Waals surface area contributed by atoms with Gasteiger partial charge in [0.1, 0.15) is 11.6 Å². The van der Waals surface area contributed by atoms with Crippen molar-refractivity contribution >= 4 is 11.9 Å². The Balaban J connectivity index is 1.62. The summed E-state index contributed by atoms with van der Waals surface area (Å²) in [5, 5.41) is 10.1. The zero-order chi connectivity index (χ0) is 21.8. The molecule has 4 nitrogen and oxygen atoms in total. The Kier molecular flexibility index (Phi) is 5.33. The first-order valence-electron chi connectivity index (χ1n) is 10.4. The van der Waals surface area contributed by atoms with Crippen LogP contribution < -0.4 is 0 Å². The van der Waals surface area contributed by atoms with Gasteiger partial charge in [0.25, 0.3) is 0 Å². The van der Waals surface area contributed by atoms with Crippen LogP contribution in [0.1, 0.15) is 5.56 Å². The number of imidazole rings is 1. The fourth-order valence-corrected chi connectivity index (χ4v) is 3.64. The van der Waals surface area contributed by atoms with E-state index in [0.29, 0.717) is 5.56 Å². The highest BCUT2D eigenvalue weighted by Gasteiger charge is 2.16. The molecule has 4 aromatic carbocycles. The highest BCUT2D eigenvalue weighted by Crippen LogP contribution is 2.36. The molecule has 0 radical (unpaired) electrons. The minimum absolute atomic E-state index is 0.199. The van der Waals surface area contributed by atoms with E-state index in [4.69, 9.17) is 4.98 Å². The zero-order valence-corrected chi connectivity index (χ0v) is 17.3. The summed E-state index contributed by atoms with van der Waals surface area (Å²) in [5.41, 5.74) is 6.29. The first kappa shape index (κ1) is 19.5. The van der Waals surface area contributed by atoms with E-state index in [0.717, 1.165) is 39.6 Å². The zero-order valence-electron chi connectivity index (χ0n) is 17.3. The number of hydrogen-bond acceptors (Lipinski definition) is 3. The van der Waals surface area contributed by atoms with Crippen molar-refractivity contribution in [3.8, 4) is 39.7 Å². The summed E-state index contributed by atoms with van der Waals surface area (Å²) in [5.74, 6) is 0.942. The van der Waals surface area contributed by atoms with Crippen LogP contribution in [-0.2, 0) is 0 Å². The van der Waals surface area contributed by atoms with E-state index >= 15 is 0 Å². The molecule has 2 N–H and O–H groups in total. The Labute approximate surface area is 186 Å². The molecule has 1 heterocycles. The topological polar surface area (TPSA) is 61.3 Å². The number of nitrogens with one attached hydrogen (secondary N) is 1. The van der Waals surface area contributed by atoms with Crippen molar-refractivity contribution in [1.82, 2.24) is 9.97 Å². The van der Waals surface area contributed by atoms with E-state index < -0.39 is 0 Å². The maximum atomic E-state index is 10.1. The van der Waals surface area contributed by atoms with Crippen LogP contribution in [0.4, 0.5) is 5.69 Å². The van der Waals surface area contributed by atoms with Gasteiger partial charge in [-0.15, -0.1) is 0 Å². The van der Waals surface area contributed by atoms with E-state index in [2.05, 4.69) is 34.2 Å². The predicted molar refractivity (Wildman–Crippen MR) is 130 cm³/mol. The van der Waals surface area contributed by atoms with E-state index in [1.165, 1.54) is 0 Å². The summed E-state index contributed by atoms with van der Waals surface area (Å²) in [6.07, 6.45) is 1.67. The monoisotopic (exact) mass is 415 g/mol. The summed E-state index contributed by atoms with van der Waals surface area (Å²) in [6, 6.07) is 35.4. The molecule has 1 aromatic heterocycles. The van der Waals surface area contributed by atoms with Crippen molar-refractivity contribution in [3.05, 3.63) is 115 Å². The van der Waals surface area contributed by atoms with Crippen molar-refractivity contribution in [1.29, 1.82) is 0 Å². The number of aromatic hydroxyl groups is 1. The van der Waals surface area contributed by atoms with Crippen molar-refractivity contribution in [2.45, 2.75) is 0 Å². The molecule has 0 aliphatic rings. The lowest BCUT2D eigenvalue weighted by atomic mass is 10.1. The second-order valence-corrected chi connectivity index (χ2v) is 7.38. The molecule has 0 fully saturated rings. The minimum Gasteiger partial charge on any atom is -0.507 e. The molecule has 4 heteroatoms. The summed E-state index contributed by atoms with van der Waals surface area (Å²) in [6.45, 7) is 0. The molecule has 154 valence electrons. The van der Waals surface area contributed by atoms with E-state index in [9.17, 15) is 5.11 Å². The van der Waals surface area contributed by atoms with Crippen LogP contribution in [-0.4, -0.2) is 21.3 Å². The van der Waals surface area contributed by atoms with Gasteiger partial charge in [-0.3, -0.25) is 4.99 Å². The van der Waals surface area contributed by atoms with Crippen molar-refractivity contribution in [2.24, 2.45) is 4.99 Å². The lowest BCUT2D eigenvalue weighted by molar-refractivity contribution is 0.474. The Morgan fingerprint density at radius 3 is 2.06 bits per heavy atom. The van der Waals surface area contributed by atoms with E-state index in [1.54, 1.807) is 18.3 Å². The molecule has 0 aliphatic carbocycles. The fourth-order valence-electron chi connectivity index (χ4n) is 3.64. The van der Waals surface area contributed by atoms with Crippen LogP contribution in [0.5, 0.6) is 5.75 Å². The maximum Gasteiger partial charge on any atom is 0.140 e. The van der Waals surface area contributed by atoms with E-state index in [1.807, 2.05) is 72.8 Å². The molecule has 0 saturated carbocycles. The average Bonchev–Trinajstić information content (AvgIpc) is 3.30. The van der Waals surface area contributed by atoms with Crippen LogP contribution in [0.2, 0.25) is 0 Å². The van der Waals surface area contributed by atoms with Gasteiger partial charge in [0.15, 0.2) is 0 Å². The number of phenols is 1. The highest BCUT2D eigenvalue weighted by molar-refractivity contribution is 5.88. The van der Waals surface area contributed by atoms with Gasteiger partial charge < -0.3 is 10.1 Å². The summed E-state index contributed by atoms with van der Waals surface area (Å²) in [7, 11) is 0. The number of hydrogen-bond donors (Lipinski definition) is 2. The Morgan fingerprint density at radius 2 is 1.31 bits per heavy atom. The summed E-state index contributed by atoms with van der Waals surface area (Å²) in [4.78, 5) is 13.2. The molecule has 0 aliphatic heterocycles. The van der Waals surface area contributed by atoms with Gasteiger partial charge in [-0.1, -0.05) is 84.9 Å². The van der Waals surface area contributed by atoms with Gasteiger partial charge in [0, 0.05) is 28.5 Å². The van der Waals surface area contributed by atoms with Crippen molar-refractivity contribution in [2.75, 3.05) is 0 Å². The summed E-state index contributed by atoms with van der Waals surface area (Å²) < 4.78 is 0. The van der Waals surface area contributed by atoms with Gasteiger partial charge in [0.05, 0.1) is 17.1 Å². The molecular weight excluding hydrogens is 394 g/mol. The molecule has 0 bridgehead atoms. The fraction of sp³-hybridized carbons (Fsp3) is 0. The quantitative estimate of drug-likeness (QED) is 0.308. The van der Waals surface area contributed by atoms with Gasteiger partial charge in [-0.25, -0.2) is 4.98 Å². The van der Waals surface area contributed by atoms with Gasteiger partial charge in [-0.05, 0) is 24.3 Å². The second kappa shape index (κ2) is 8.74. The molecule has 0 saturated heterocycles. The minimum atomic E-state index is 0.199. The molecule has 0 spiro atoms. The third-order valence-corrected chi connectivity index (χ3v) is 5.25. The molecule has 5 rings (SSSR count). The maximum absolute atomic E-state index is 10.1. The molecule has 0 amide bonds. The van der Waals surface area contributed by atoms with Gasteiger partial charge in [0.2, 0.25) is 0 Å². The number of rotatable bonds is 5. The number of aliphatic imine (C=N–C) groups is 1. The van der Waals surface area contributed by atoms with Gasteiger partial charge in [-0.2, -0.15) is 0 Å². The predicted octanol–water partition coefficient (Wildman–Crippen LogP) is 6.87. The van der Waals surface area contributed by atoms with Gasteiger partial charge >= 0.3 is 0 Å². The van der Waals surface area contributed by atoms with E-state index in [-0.39, 0.29) is 5.75 Å². The lowest BCUT2D eigenvalue weighted by Gasteiger charge is -2.03. The molecule has 5 aromatic rings. The van der Waals surface area contributed by atoms with Crippen LogP contribution in [0, 0.1) is 0 Å². The van der Waals surface area contributed by atoms with Crippen LogP contribution >= 0.6 is 0 Å². The number of H-pyrrole nitrogens is 1. The average molecular weight is 415 g/mol. The number of phenolic OH excluding ortho intramolecular Hbond substituents is 1. The molecular formula is C28H21N3O. The van der Waals surface area contributed by atoms with Crippen LogP contribution in [0.3, 0.4) is 0 Å². The third-order valence-electron chi connectivity index (χ3n) is 5.25. The van der Waals surface area contributed by atoms with Crippen molar-refractivity contribution in [3.63, 3.8) is 0 Å². The lowest BCUT2D eigenvalue weighted by Crippen LogP contribution is -1.85.